The molecule has 0 saturated carbocycles. The van der Waals surface area contributed by atoms with Crippen LogP contribution < -0.4 is 10.6 Å². The number of hydrogen-bond acceptors (Lipinski definition) is 5. The van der Waals surface area contributed by atoms with Crippen molar-refractivity contribution in [1.82, 2.24) is 4.90 Å². The fourth-order valence-corrected chi connectivity index (χ4v) is 5.95. The van der Waals surface area contributed by atoms with Crippen molar-refractivity contribution >= 4 is 40.7 Å². The quantitative estimate of drug-likeness (QED) is 0.585. The molecule has 3 heterocycles. The molecule has 3 aliphatic heterocycles. The highest BCUT2D eigenvalue weighted by atomic mass is 35.5. The third kappa shape index (κ3) is 3.48. The second-order valence-corrected chi connectivity index (χ2v) is 9.56. The minimum atomic E-state index is -1.14. The maximum atomic E-state index is 13.7. The Hall–Kier alpha value is -2.94. The average molecular weight is 484 g/mol. The lowest BCUT2D eigenvalue weighted by atomic mass is 9.70. The minimum Gasteiger partial charge on any atom is -0.394 e. The number of benzene rings is 2. The normalized spacial score (nSPS) is 30.2. The van der Waals surface area contributed by atoms with Crippen LogP contribution in [0.4, 0.5) is 11.4 Å². The Morgan fingerprint density at radius 1 is 1.15 bits per heavy atom. The van der Waals surface area contributed by atoms with Crippen molar-refractivity contribution in [3.8, 4) is 0 Å². The predicted octanol–water partition coefficient (Wildman–Crippen LogP) is 2.67. The van der Waals surface area contributed by atoms with Gasteiger partial charge < -0.3 is 25.4 Å². The number of para-hydroxylation sites is 2. The zero-order valence-corrected chi connectivity index (χ0v) is 19.4. The first-order valence-corrected chi connectivity index (χ1v) is 11.8. The van der Waals surface area contributed by atoms with Gasteiger partial charge in [0.15, 0.2) is 0 Å². The Morgan fingerprint density at radius 2 is 1.85 bits per heavy atom. The molecular formula is C25H26ClN3O5. The van der Waals surface area contributed by atoms with E-state index < -0.39 is 41.5 Å². The van der Waals surface area contributed by atoms with Crippen molar-refractivity contribution in [3.63, 3.8) is 0 Å². The predicted molar refractivity (Wildman–Crippen MR) is 126 cm³/mol. The van der Waals surface area contributed by atoms with Crippen molar-refractivity contribution in [3.05, 3.63) is 59.6 Å². The van der Waals surface area contributed by atoms with Gasteiger partial charge in [0.2, 0.25) is 17.7 Å². The number of carbonyl (C=O) groups excluding carboxylic acids is 3. The molecule has 3 aliphatic rings. The Bertz CT molecular complexity index is 1130. The molecule has 2 aromatic carbocycles. The lowest BCUT2D eigenvalue weighted by molar-refractivity contribution is -0.142. The average Bonchev–Trinajstić information content (AvgIpc) is 3.48. The minimum absolute atomic E-state index is 0.306. The summed E-state index contributed by atoms with van der Waals surface area (Å²) < 4.78 is 6.35. The molecule has 2 bridgehead atoms. The number of nitrogens with one attached hydrogen (secondary N) is 2. The van der Waals surface area contributed by atoms with E-state index in [0.717, 1.165) is 0 Å². The number of anilines is 2. The number of amides is 3. The van der Waals surface area contributed by atoms with Gasteiger partial charge in [0, 0.05) is 5.69 Å². The number of aliphatic hydroxyl groups is 1. The zero-order chi connectivity index (χ0) is 24.0. The van der Waals surface area contributed by atoms with Gasteiger partial charge in [-0.1, -0.05) is 41.9 Å². The monoisotopic (exact) mass is 483 g/mol. The number of nitrogens with zero attached hydrogens (tertiary/aromatic N) is 1. The maximum absolute atomic E-state index is 13.7. The molecule has 3 N–H and O–H groups in total. The third-order valence-electron chi connectivity index (χ3n) is 7.20. The van der Waals surface area contributed by atoms with Gasteiger partial charge >= 0.3 is 0 Å². The van der Waals surface area contributed by atoms with Gasteiger partial charge in [0.25, 0.3) is 0 Å². The van der Waals surface area contributed by atoms with Crippen LogP contribution in [0, 0.1) is 11.8 Å². The van der Waals surface area contributed by atoms with Crippen LogP contribution in [0.2, 0.25) is 5.02 Å². The van der Waals surface area contributed by atoms with Crippen LogP contribution in [0.1, 0.15) is 19.8 Å². The van der Waals surface area contributed by atoms with E-state index in [-0.39, 0.29) is 18.4 Å². The number of ether oxygens (including phenoxy) is 1. The van der Waals surface area contributed by atoms with Gasteiger partial charge in [-0.3, -0.25) is 14.4 Å². The Balaban J connectivity index is 1.49. The number of fused-ring (bicyclic) bond motifs is 1. The highest BCUT2D eigenvalue weighted by Crippen LogP contribution is 2.59. The number of hydrogen-bond donors (Lipinski definition) is 3. The van der Waals surface area contributed by atoms with Gasteiger partial charge in [0.05, 0.1) is 41.3 Å². The first-order valence-electron chi connectivity index (χ1n) is 11.4. The number of aliphatic hydroxyl groups excluding tert-OH is 1. The van der Waals surface area contributed by atoms with Crippen molar-refractivity contribution in [2.24, 2.45) is 11.8 Å². The van der Waals surface area contributed by atoms with E-state index >= 15 is 0 Å². The zero-order valence-electron chi connectivity index (χ0n) is 18.6. The molecule has 2 unspecified atom stereocenters. The molecule has 0 aliphatic carbocycles. The molecule has 3 saturated heterocycles. The molecule has 0 radical (unpaired) electrons. The fourth-order valence-electron chi connectivity index (χ4n) is 5.76. The summed E-state index contributed by atoms with van der Waals surface area (Å²) in [5, 5.41) is 16.0. The molecule has 34 heavy (non-hydrogen) atoms. The summed E-state index contributed by atoms with van der Waals surface area (Å²) >= 11 is 6.24. The second kappa shape index (κ2) is 8.69. The van der Waals surface area contributed by atoms with Crippen LogP contribution in [-0.4, -0.2) is 58.1 Å². The SMILES string of the molecule is C[C@H](CO)N1C(=O)[C@@H]2[C@H](C(=O)Nc3ccccc3)[C@@H]3CCC2(O3)C1C(=O)Nc1ccccc1Cl. The van der Waals surface area contributed by atoms with Gasteiger partial charge in [-0.25, -0.2) is 0 Å². The van der Waals surface area contributed by atoms with Crippen LogP contribution >= 0.6 is 11.6 Å². The van der Waals surface area contributed by atoms with Crippen molar-refractivity contribution in [2.45, 2.75) is 43.6 Å². The highest BCUT2D eigenvalue weighted by Gasteiger charge is 2.74. The molecule has 0 aromatic heterocycles. The number of likely N-dealkylation sites (tertiary alicyclic amines) is 1. The fraction of sp³-hybridized carbons (Fsp3) is 0.400. The van der Waals surface area contributed by atoms with E-state index in [4.69, 9.17) is 16.3 Å². The maximum Gasteiger partial charge on any atom is 0.250 e. The van der Waals surface area contributed by atoms with E-state index in [1.807, 2.05) is 18.2 Å². The molecule has 2 aromatic rings. The molecule has 1 spiro atoms. The first kappa shape index (κ1) is 22.8. The van der Waals surface area contributed by atoms with Crippen LogP contribution in [0.5, 0.6) is 0 Å². The summed E-state index contributed by atoms with van der Waals surface area (Å²) in [4.78, 5) is 42.0. The highest BCUT2D eigenvalue weighted by molar-refractivity contribution is 6.33. The summed E-state index contributed by atoms with van der Waals surface area (Å²) in [6.45, 7) is 1.35. The van der Waals surface area contributed by atoms with E-state index in [9.17, 15) is 19.5 Å². The number of halogens is 1. The van der Waals surface area contributed by atoms with E-state index in [0.29, 0.717) is 29.2 Å². The van der Waals surface area contributed by atoms with Gasteiger partial charge in [-0.05, 0) is 44.0 Å². The summed E-state index contributed by atoms with van der Waals surface area (Å²) in [6, 6.07) is 14.2. The van der Waals surface area contributed by atoms with Gasteiger partial charge in [-0.2, -0.15) is 0 Å². The molecule has 3 fully saturated rings. The van der Waals surface area contributed by atoms with Crippen LogP contribution in [0.3, 0.4) is 0 Å². The summed E-state index contributed by atoms with van der Waals surface area (Å²) in [5.41, 5.74) is -0.0952. The van der Waals surface area contributed by atoms with Crippen LogP contribution in [-0.2, 0) is 19.1 Å². The van der Waals surface area contributed by atoms with Crippen LogP contribution in [0.15, 0.2) is 54.6 Å². The second-order valence-electron chi connectivity index (χ2n) is 9.16. The Morgan fingerprint density at radius 3 is 2.56 bits per heavy atom. The topological polar surface area (TPSA) is 108 Å². The van der Waals surface area contributed by atoms with Gasteiger partial charge in [0.1, 0.15) is 11.6 Å². The largest absolute Gasteiger partial charge is 0.394 e. The summed E-state index contributed by atoms with van der Waals surface area (Å²) in [5.74, 6) is -2.65. The first-order chi connectivity index (χ1) is 16.4. The summed E-state index contributed by atoms with van der Waals surface area (Å²) in [6.07, 6.45) is 0.576. The lowest BCUT2D eigenvalue weighted by Crippen LogP contribution is -2.55. The van der Waals surface area contributed by atoms with E-state index in [1.54, 1.807) is 43.3 Å². The number of carbonyl (C=O) groups is 3. The van der Waals surface area contributed by atoms with Crippen LogP contribution in [0.25, 0.3) is 0 Å². The third-order valence-corrected chi connectivity index (χ3v) is 7.53. The van der Waals surface area contributed by atoms with Crippen molar-refractivity contribution in [2.75, 3.05) is 17.2 Å². The molecule has 8 nitrogen and oxygen atoms in total. The van der Waals surface area contributed by atoms with Gasteiger partial charge in [-0.15, -0.1) is 0 Å². The van der Waals surface area contributed by atoms with E-state index in [1.165, 1.54) is 4.90 Å². The molecule has 5 rings (SSSR count). The van der Waals surface area contributed by atoms with E-state index in [2.05, 4.69) is 10.6 Å². The Kier molecular flexibility index (Phi) is 5.83. The Labute approximate surface area is 202 Å². The smallest absolute Gasteiger partial charge is 0.250 e. The molecular weight excluding hydrogens is 458 g/mol. The lowest BCUT2D eigenvalue weighted by Gasteiger charge is -2.35. The summed E-state index contributed by atoms with van der Waals surface area (Å²) in [7, 11) is 0. The molecule has 9 heteroatoms. The molecule has 6 atom stereocenters. The molecule has 3 amide bonds. The van der Waals surface area contributed by atoms with Crippen molar-refractivity contribution < 1.29 is 24.2 Å². The standard InChI is InChI=1S/C25H26ClN3O5/c1-14(13-30)29-21(23(32)28-17-10-6-5-9-16(17)26)25-12-11-18(34-25)19(20(25)24(29)33)22(31)27-15-7-3-2-4-8-15/h2-10,14,18-21,30H,11-13H2,1H3,(H,27,31)(H,28,32)/t14-,18+,19-,20+,21?,25?/m1/s1. The number of rotatable bonds is 6. The molecule has 178 valence electrons. The van der Waals surface area contributed by atoms with Crippen molar-refractivity contribution in [1.29, 1.82) is 0 Å².